The Bertz CT molecular complexity index is 4200. The van der Waals surface area contributed by atoms with Gasteiger partial charge in [-0.1, -0.05) is 179 Å². The van der Waals surface area contributed by atoms with Crippen LogP contribution in [-0.4, -0.2) is 101 Å². The lowest BCUT2D eigenvalue weighted by Crippen LogP contribution is -2.50. The molecule has 7 rings (SSSR count). The van der Waals surface area contributed by atoms with Crippen LogP contribution in [0.3, 0.4) is 0 Å². The van der Waals surface area contributed by atoms with Gasteiger partial charge in [0.15, 0.2) is 17.3 Å². The first-order chi connectivity index (χ1) is 49.7. The van der Waals surface area contributed by atoms with Gasteiger partial charge in [-0.05, 0) is 184 Å². The predicted octanol–water partition coefficient (Wildman–Crippen LogP) is 15.4. The maximum Gasteiger partial charge on any atom is 0.336 e. The SMILES string of the molecule is C=C(C)C(=O)OC(C)(C)OC(=O)C(C)(CC)C(=O)c1ccc2ccccc2c1.C=CC(=O)NC(C)(C)OC(=O)C(C)(CCc1ccc(C)cc1)C(=O)c1ccccc1.C=CC(=O)NC1CCC(OC(=O)C(C)(CCc2ccc3ccccc3c2)C(C)=O)CC1.C=CC(=O)OC(C)OC(=O)C(C)(CC)C(C)=O. The Labute approximate surface area is 623 Å². The van der Waals surface area contributed by atoms with Crippen LogP contribution >= 0.6 is 0 Å². The molecule has 566 valence electrons. The molecule has 106 heavy (non-hydrogen) atoms. The van der Waals surface area contributed by atoms with Crippen LogP contribution in [0.2, 0.25) is 0 Å². The Hall–Kier alpha value is -10.8. The van der Waals surface area contributed by atoms with E-state index in [1.165, 1.54) is 59.9 Å². The van der Waals surface area contributed by atoms with Crippen LogP contribution in [0.5, 0.6) is 0 Å². The molecule has 6 aromatic rings. The summed E-state index contributed by atoms with van der Waals surface area (Å²) in [7, 11) is 0. The first-order valence-corrected chi connectivity index (χ1v) is 35.3. The highest BCUT2D eigenvalue weighted by Crippen LogP contribution is 2.36. The van der Waals surface area contributed by atoms with Gasteiger partial charge in [0, 0.05) is 49.6 Å². The van der Waals surface area contributed by atoms with Crippen LogP contribution in [0, 0.1) is 28.6 Å². The molecule has 0 heterocycles. The van der Waals surface area contributed by atoms with Crippen LogP contribution in [0.25, 0.3) is 21.5 Å². The van der Waals surface area contributed by atoms with E-state index in [9.17, 15) is 57.5 Å². The average Bonchev–Trinajstić information content (AvgIpc) is 0.796. The fourth-order valence-electron chi connectivity index (χ4n) is 10.9. The van der Waals surface area contributed by atoms with Crippen LogP contribution in [-0.2, 0) is 89.2 Å². The Kier molecular flexibility index (Phi) is 32.6. The Morgan fingerprint density at radius 1 is 0.491 bits per heavy atom. The summed E-state index contributed by atoms with van der Waals surface area (Å²) in [6, 6.07) is 44.1. The number of esters is 6. The molecule has 1 fully saturated rings. The third kappa shape index (κ3) is 25.3. The zero-order valence-electron chi connectivity index (χ0n) is 64.0. The van der Waals surface area contributed by atoms with Crippen molar-refractivity contribution in [3.63, 3.8) is 0 Å². The van der Waals surface area contributed by atoms with Gasteiger partial charge in [0.1, 0.15) is 39.3 Å². The summed E-state index contributed by atoms with van der Waals surface area (Å²) < 4.78 is 31.5. The van der Waals surface area contributed by atoms with E-state index in [-0.39, 0.29) is 59.6 Å². The van der Waals surface area contributed by atoms with Crippen molar-refractivity contribution in [2.24, 2.45) is 21.7 Å². The van der Waals surface area contributed by atoms with Crippen molar-refractivity contribution >= 4 is 92.3 Å². The highest BCUT2D eigenvalue weighted by molar-refractivity contribution is 6.14. The lowest BCUT2D eigenvalue weighted by atomic mass is 9.77. The summed E-state index contributed by atoms with van der Waals surface area (Å²) in [6.07, 6.45) is 7.29. The molecule has 20 nitrogen and oxygen atoms in total. The molecule has 1 saturated carbocycles. The number of ether oxygens (including phenoxy) is 6. The van der Waals surface area contributed by atoms with E-state index in [0.29, 0.717) is 49.7 Å². The van der Waals surface area contributed by atoms with Crippen LogP contribution in [0.4, 0.5) is 0 Å². The quantitative estimate of drug-likeness (QED) is 0.0106. The minimum Gasteiger partial charge on any atom is -0.462 e. The number of carbonyl (C=O) groups is 12. The number of hydrogen-bond donors (Lipinski definition) is 2. The molecular formula is C86H104N2O18. The molecule has 5 atom stereocenters. The van der Waals surface area contributed by atoms with Gasteiger partial charge < -0.3 is 39.1 Å². The van der Waals surface area contributed by atoms with Crippen molar-refractivity contribution < 1.29 is 86.0 Å². The number of nitrogens with one attached hydrogen (secondary N) is 2. The summed E-state index contributed by atoms with van der Waals surface area (Å²) in [4.78, 5) is 147. The summed E-state index contributed by atoms with van der Waals surface area (Å²) in [5, 5.41) is 9.68. The van der Waals surface area contributed by atoms with E-state index in [2.05, 4.69) is 66.0 Å². The van der Waals surface area contributed by atoms with E-state index >= 15 is 0 Å². The predicted molar refractivity (Wildman–Crippen MR) is 407 cm³/mol. The van der Waals surface area contributed by atoms with Gasteiger partial charge in [0.05, 0.1) is 0 Å². The van der Waals surface area contributed by atoms with Gasteiger partial charge in [-0.25, -0.2) is 9.59 Å². The molecule has 0 saturated heterocycles. The van der Waals surface area contributed by atoms with Crippen LogP contribution in [0.15, 0.2) is 190 Å². The van der Waals surface area contributed by atoms with Gasteiger partial charge in [-0.2, -0.15) is 0 Å². The van der Waals surface area contributed by atoms with E-state index in [1.807, 2.05) is 85.8 Å². The summed E-state index contributed by atoms with van der Waals surface area (Å²) >= 11 is 0. The largest absolute Gasteiger partial charge is 0.462 e. The first-order valence-electron chi connectivity index (χ1n) is 35.3. The van der Waals surface area contributed by atoms with Crippen molar-refractivity contribution in [2.45, 2.75) is 198 Å². The number of benzene rings is 6. The number of fused-ring (bicyclic) bond motifs is 2. The highest BCUT2D eigenvalue weighted by atomic mass is 16.7. The summed E-state index contributed by atoms with van der Waals surface area (Å²) in [5.74, 6) is -7.21. The maximum absolute atomic E-state index is 13.3. The van der Waals surface area contributed by atoms with Gasteiger partial charge in [-0.3, -0.25) is 47.9 Å². The third-order valence-corrected chi connectivity index (χ3v) is 18.8. The van der Waals surface area contributed by atoms with E-state index in [4.69, 9.17) is 23.7 Å². The van der Waals surface area contributed by atoms with E-state index in [0.717, 1.165) is 57.8 Å². The monoisotopic (exact) mass is 1450 g/mol. The van der Waals surface area contributed by atoms with Gasteiger partial charge in [0.2, 0.25) is 18.1 Å². The molecule has 0 aliphatic heterocycles. The van der Waals surface area contributed by atoms with Gasteiger partial charge in [-0.15, -0.1) is 0 Å². The number of ketones is 4. The summed E-state index contributed by atoms with van der Waals surface area (Å²) in [5.41, 5.74) is -2.16. The second-order valence-corrected chi connectivity index (χ2v) is 28.2. The lowest BCUT2D eigenvalue weighted by molar-refractivity contribution is -0.218. The first kappa shape index (κ1) is 87.6. The molecule has 0 radical (unpaired) electrons. The van der Waals surface area contributed by atoms with E-state index in [1.54, 1.807) is 84.9 Å². The zero-order valence-corrected chi connectivity index (χ0v) is 64.0. The lowest BCUT2D eigenvalue weighted by Gasteiger charge is -2.32. The number of aryl methyl sites for hydroxylation is 3. The van der Waals surface area contributed by atoms with Gasteiger partial charge >= 0.3 is 35.8 Å². The molecule has 1 aliphatic rings. The maximum atomic E-state index is 13.3. The average molecular weight is 1450 g/mol. The highest BCUT2D eigenvalue weighted by Gasteiger charge is 2.47. The van der Waals surface area contributed by atoms with Crippen molar-refractivity contribution in [1.82, 2.24) is 10.6 Å². The standard InChI is InChI=1S/C26H31NO4.C25H29NO4.C23H26O5.C12H18O5/c1-4-24(29)27-22-11-13-23(14-12-22)31-25(30)26(3,18(2)28)16-15-19-9-10-20-7-5-6-8-21(20)17-19;1-6-21(27)26-24(3,4)30-23(29)25(5,22(28)20-10-8-7-9-11-20)17-16-19-14-12-18(2)13-15-19;1-7-23(6,21(26)28-22(4,5)27-20(25)15(2)3)19(24)18-13-12-16-10-8-9-11-17(16)14-18;1-6-10(14)16-9(4)17-11(15)12(5,7-2)8(3)13/h4-10,17,22-23H,1,11-16H2,2-3H3,(H,27,29);6-15H,1,16-17H2,2-5H3,(H,26,27);8-14H,2,7H2,1,3-6H3;6,9H,1,7H2,2-5H3. The Balaban J connectivity index is 0.000000305. The topological polar surface area (TPSA) is 284 Å². The number of Topliss-reactive ketones (excluding diaryl/α,β-unsaturated/α-hetero) is 4. The van der Waals surface area contributed by atoms with Crippen LogP contribution < -0.4 is 10.6 Å². The van der Waals surface area contributed by atoms with E-state index < -0.39 is 81.2 Å². The fraction of sp³-hybridized carbons (Fsp3) is 0.395. The van der Waals surface area contributed by atoms with Crippen molar-refractivity contribution in [3.05, 3.63) is 217 Å². The minimum atomic E-state index is -1.52. The smallest absolute Gasteiger partial charge is 0.336 e. The number of rotatable bonds is 30. The molecule has 0 spiro atoms. The Morgan fingerprint density at radius 2 is 0.972 bits per heavy atom. The number of carbonyl (C=O) groups excluding carboxylic acids is 12. The second-order valence-electron chi connectivity index (χ2n) is 28.2. The van der Waals surface area contributed by atoms with Crippen molar-refractivity contribution in [1.29, 1.82) is 0 Å². The molecule has 0 aromatic heterocycles. The van der Waals surface area contributed by atoms with Gasteiger partial charge in [0.25, 0.3) is 5.79 Å². The van der Waals surface area contributed by atoms with Crippen molar-refractivity contribution in [3.8, 4) is 0 Å². The normalized spacial score (nSPS) is 15.7. The minimum absolute atomic E-state index is 0.0764. The fourth-order valence-corrected chi connectivity index (χ4v) is 10.9. The second kappa shape index (κ2) is 39.4. The summed E-state index contributed by atoms with van der Waals surface area (Å²) in [6.45, 7) is 37.1. The number of hydrogen-bond acceptors (Lipinski definition) is 18. The molecule has 5 unspecified atom stereocenters. The Morgan fingerprint density at radius 3 is 1.49 bits per heavy atom. The molecule has 0 bridgehead atoms. The zero-order chi connectivity index (χ0) is 79.5. The van der Waals surface area contributed by atoms with Crippen molar-refractivity contribution in [2.75, 3.05) is 0 Å². The molecule has 6 aromatic carbocycles. The molecule has 1 aliphatic carbocycles. The molecular weight excluding hydrogens is 1350 g/mol. The van der Waals surface area contributed by atoms with Crippen LogP contribution in [0.1, 0.15) is 186 Å². The third-order valence-electron chi connectivity index (χ3n) is 18.8. The molecule has 2 N–H and O–H groups in total. The molecule has 20 heteroatoms. The number of amides is 2. The molecule has 2 amide bonds.